The average Bonchev–Trinajstić information content (AvgIpc) is 3.05. The van der Waals surface area contributed by atoms with Gasteiger partial charge in [-0.3, -0.25) is 4.79 Å². The van der Waals surface area contributed by atoms with Crippen molar-refractivity contribution in [3.63, 3.8) is 0 Å². The third-order valence-electron chi connectivity index (χ3n) is 5.69. The summed E-state index contributed by atoms with van der Waals surface area (Å²) < 4.78 is 28.8. The van der Waals surface area contributed by atoms with Crippen LogP contribution >= 0.6 is 12.4 Å². The Kier molecular flexibility index (Phi) is 7.73. The van der Waals surface area contributed by atoms with E-state index < -0.39 is 10.0 Å². The van der Waals surface area contributed by atoms with Gasteiger partial charge >= 0.3 is 0 Å². The zero-order valence-corrected chi connectivity index (χ0v) is 17.5. The molecule has 1 aromatic rings. The highest BCUT2D eigenvalue weighted by molar-refractivity contribution is 7.89. The van der Waals surface area contributed by atoms with Gasteiger partial charge in [0.2, 0.25) is 10.0 Å². The number of hydrogen-bond acceptors (Lipinski definition) is 4. The van der Waals surface area contributed by atoms with Crippen LogP contribution in [0.25, 0.3) is 0 Å². The van der Waals surface area contributed by atoms with E-state index in [4.69, 9.17) is 5.73 Å². The fraction of sp³-hybridized carbons (Fsp3) is 0.722. The minimum atomic E-state index is -3.53. The van der Waals surface area contributed by atoms with E-state index in [0.717, 1.165) is 44.9 Å². The number of sulfonamides is 1. The van der Waals surface area contributed by atoms with Crippen molar-refractivity contribution in [2.45, 2.75) is 55.9 Å². The lowest BCUT2D eigenvalue weighted by atomic mass is 9.84. The lowest BCUT2D eigenvalue weighted by Crippen LogP contribution is -2.45. The van der Waals surface area contributed by atoms with Gasteiger partial charge in [0.15, 0.2) is 0 Å². The molecule has 0 radical (unpaired) electrons. The summed E-state index contributed by atoms with van der Waals surface area (Å²) in [5.74, 6) is 0.0717. The zero-order valence-electron chi connectivity index (χ0n) is 15.9. The van der Waals surface area contributed by atoms with Crippen molar-refractivity contribution in [2.75, 3.05) is 19.6 Å². The largest absolute Gasteiger partial charge is 0.348 e. The van der Waals surface area contributed by atoms with Crippen LogP contribution < -0.4 is 11.1 Å². The number of aromatic nitrogens is 1. The first-order chi connectivity index (χ1) is 12.4. The molecule has 2 heterocycles. The molecule has 2 aliphatic rings. The highest BCUT2D eigenvalue weighted by Crippen LogP contribution is 2.25. The second kappa shape index (κ2) is 9.41. The second-order valence-electron chi connectivity index (χ2n) is 7.50. The summed E-state index contributed by atoms with van der Waals surface area (Å²) in [6.45, 7) is 1.67. The van der Waals surface area contributed by atoms with Crippen LogP contribution in [0.4, 0.5) is 0 Å². The minimum absolute atomic E-state index is 0. The first-order valence-electron chi connectivity index (χ1n) is 9.61. The van der Waals surface area contributed by atoms with Crippen molar-refractivity contribution in [2.24, 2.45) is 18.7 Å². The van der Waals surface area contributed by atoms with Gasteiger partial charge in [0.1, 0.15) is 10.6 Å². The number of piperidine rings is 1. The van der Waals surface area contributed by atoms with E-state index in [2.05, 4.69) is 5.32 Å². The molecule has 9 heteroatoms. The standard InChI is InChI=1S/C18H30N4O3S.ClH/c1-21-13-15(26(24,25)22-9-5-2-6-10-22)11-17(21)18(23)20-16-8-4-3-7-14(16)12-19;/h11,13-14,16H,2-10,12,19H2,1H3,(H,20,23);1H. The van der Waals surface area contributed by atoms with E-state index in [1.165, 1.54) is 10.4 Å². The van der Waals surface area contributed by atoms with Crippen LogP contribution in [0.1, 0.15) is 55.4 Å². The second-order valence-corrected chi connectivity index (χ2v) is 9.43. The number of nitrogens with one attached hydrogen (secondary N) is 1. The Bertz CT molecular complexity index is 744. The summed E-state index contributed by atoms with van der Waals surface area (Å²) >= 11 is 0. The highest BCUT2D eigenvalue weighted by atomic mass is 35.5. The molecule has 1 aromatic heterocycles. The molecule has 154 valence electrons. The lowest BCUT2D eigenvalue weighted by Gasteiger charge is -2.31. The molecule has 3 N–H and O–H groups in total. The molecule has 1 aliphatic heterocycles. The fourth-order valence-corrected chi connectivity index (χ4v) is 5.67. The molecular formula is C18H31ClN4O3S. The first-order valence-corrected chi connectivity index (χ1v) is 11.0. The van der Waals surface area contributed by atoms with Crippen molar-refractivity contribution in [1.29, 1.82) is 0 Å². The molecule has 2 atom stereocenters. The van der Waals surface area contributed by atoms with Gasteiger partial charge < -0.3 is 15.6 Å². The van der Waals surface area contributed by atoms with E-state index in [1.54, 1.807) is 17.8 Å². The van der Waals surface area contributed by atoms with Gasteiger partial charge in [-0.15, -0.1) is 12.4 Å². The Morgan fingerprint density at radius 2 is 1.85 bits per heavy atom. The molecule has 1 amide bonds. The van der Waals surface area contributed by atoms with Crippen molar-refractivity contribution in [3.05, 3.63) is 18.0 Å². The molecule has 2 fully saturated rings. The summed E-state index contributed by atoms with van der Waals surface area (Å²) in [4.78, 5) is 12.9. The van der Waals surface area contributed by atoms with Crippen LogP contribution in [0, 0.1) is 5.92 Å². The topological polar surface area (TPSA) is 97.4 Å². The number of carbonyl (C=O) groups is 1. The maximum atomic E-state index is 12.8. The van der Waals surface area contributed by atoms with Crippen molar-refractivity contribution < 1.29 is 13.2 Å². The summed E-state index contributed by atoms with van der Waals surface area (Å²) in [5, 5.41) is 3.07. The summed E-state index contributed by atoms with van der Waals surface area (Å²) in [6.07, 6.45) is 8.58. The van der Waals surface area contributed by atoms with E-state index in [-0.39, 0.29) is 29.3 Å². The van der Waals surface area contributed by atoms with E-state index in [9.17, 15) is 13.2 Å². The predicted octanol–water partition coefficient (Wildman–Crippen LogP) is 1.87. The number of nitrogens with zero attached hydrogens (tertiary/aromatic N) is 2. The molecule has 1 saturated heterocycles. The van der Waals surface area contributed by atoms with Crippen LogP contribution in [0.3, 0.4) is 0 Å². The maximum absolute atomic E-state index is 12.8. The normalized spacial score (nSPS) is 24.2. The highest BCUT2D eigenvalue weighted by Gasteiger charge is 2.30. The SMILES string of the molecule is Cl.Cn1cc(S(=O)(=O)N2CCCCC2)cc1C(=O)NC1CCCCC1CN. The van der Waals surface area contributed by atoms with Gasteiger partial charge in [0, 0.05) is 32.4 Å². The Morgan fingerprint density at radius 3 is 2.52 bits per heavy atom. The molecule has 1 saturated carbocycles. The van der Waals surface area contributed by atoms with Crippen molar-refractivity contribution >= 4 is 28.3 Å². The van der Waals surface area contributed by atoms with Crippen LogP contribution in [0.2, 0.25) is 0 Å². The lowest BCUT2D eigenvalue weighted by molar-refractivity contribution is 0.0899. The van der Waals surface area contributed by atoms with Crippen molar-refractivity contribution in [3.8, 4) is 0 Å². The van der Waals surface area contributed by atoms with Gasteiger partial charge in [-0.25, -0.2) is 8.42 Å². The monoisotopic (exact) mass is 418 g/mol. The molecule has 0 aromatic carbocycles. The predicted molar refractivity (Wildman–Crippen MR) is 108 cm³/mol. The van der Waals surface area contributed by atoms with Crippen LogP contribution in [0.5, 0.6) is 0 Å². The van der Waals surface area contributed by atoms with Gasteiger partial charge in [-0.05, 0) is 44.2 Å². The molecule has 7 nitrogen and oxygen atoms in total. The number of nitrogens with two attached hydrogens (primary N) is 1. The Morgan fingerprint density at radius 1 is 1.19 bits per heavy atom. The molecule has 0 spiro atoms. The smallest absolute Gasteiger partial charge is 0.268 e. The van der Waals surface area contributed by atoms with E-state index in [0.29, 0.717) is 31.2 Å². The first kappa shape index (κ1) is 22.2. The average molecular weight is 419 g/mol. The Hall–Kier alpha value is -1.09. The minimum Gasteiger partial charge on any atom is -0.348 e. The molecule has 3 rings (SSSR count). The molecular weight excluding hydrogens is 388 g/mol. The quantitative estimate of drug-likeness (QED) is 0.762. The summed E-state index contributed by atoms with van der Waals surface area (Å²) in [7, 11) is -1.82. The third-order valence-corrected chi connectivity index (χ3v) is 7.56. The van der Waals surface area contributed by atoms with E-state index in [1.807, 2.05) is 0 Å². The summed E-state index contributed by atoms with van der Waals surface area (Å²) in [5.41, 5.74) is 6.22. The van der Waals surface area contributed by atoms with Crippen LogP contribution in [0.15, 0.2) is 17.2 Å². The van der Waals surface area contributed by atoms with E-state index >= 15 is 0 Å². The Balaban J connectivity index is 0.00000261. The molecule has 2 unspecified atom stereocenters. The third kappa shape index (κ3) is 4.85. The number of halogens is 1. The molecule has 0 bridgehead atoms. The summed E-state index contributed by atoms with van der Waals surface area (Å²) in [6, 6.07) is 1.57. The van der Waals surface area contributed by atoms with Crippen LogP contribution in [-0.4, -0.2) is 48.9 Å². The zero-order chi connectivity index (χ0) is 18.7. The maximum Gasteiger partial charge on any atom is 0.268 e. The van der Waals surface area contributed by atoms with Gasteiger partial charge in [0.05, 0.1) is 0 Å². The Labute approximate surface area is 168 Å². The number of carbonyl (C=O) groups excluding carboxylic acids is 1. The van der Waals surface area contributed by atoms with Crippen LogP contribution in [-0.2, 0) is 17.1 Å². The fourth-order valence-electron chi connectivity index (χ4n) is 4.08. The molecule has 1 aliphatic carbocycles. The number of amides is 1. The van der Waals surface area contributed by atoms with Crippen molar-refractivity contribution in [1.82, 2.24) is 14.2 Å². The van der Waals surface area contributed by atoms with Gasteiger partial charge in [-0.1, -0.05) is 19.3 Å². The number of hydrogen-bond donors (Lipinski definition) is 2. The van der Waals surface area contributed by atoms with Gasteiger partial charge in [-0.2, -0.15) is 4.31 Å². The number of rotatable bonds is 5. The number of aryl methyl sites for hydroxylation is 1. The molecule has 27 heavy (non-hydrogen) atoms. The van der Waals surface area contributed by atoms with Gasteiger partial charge in [0.25, 0.3) is 5.91 Å².